The van der Waals surface area contributed by atoms with Gasteiger partial charge in [0.15, 0.2) is 0 Å². The van der Waals surface area contributed by atoms with Crippen molar-refractivity contribution >= 4 is 17.3 Å². The maximum Gasteiger partial charge on any atom is 0.209 e. The number of piperidine rings is 1. The molecule has 3 aromatic rings. The highest BCUT2D eigenvalue weighted by Crippen LogP contribution is 2.45. The van der Waals surface area contributed by atoms with Gasteiger partial charge in [0.25, 0.3) is 0 Å². The minimum atomic E-state index is -0.594. The molecule has 3 nitrogen and oxygen atoms in total. The Morgan fingerprint density at radius 1 is 1.00 bits per heavy atom. The van der Waals surface area contributed by atoms with E-state index in [1.54, 1.807) is 12.1 Å². The van der Waals surface area contributed by atoms with Gasteiger partial charge in [0.05, 0.1) is 11.2 Å². The normalized spacial score (nSPS) is 19.0. The predicted molar refractivity (Wildman–Crippen MR) is 116 cm³/mol. The third-order valence-electron chi connectivity index (χ3n) is 6.35. The molecule has 1 aliphatic carbocycles. The number of hydrogen-bond donors (Lipinski definition) is 1. The number of aromatic amines is 1. The van der Waals surface area contributed by atoms with Gasteiger partial charge in [0.2, 0.25) is 6.41 Å². The average molecular weight is 428 g/mol. The van der Waals surface area contributed by atoms with Gasteiger partial charge in [-0.1, -0.05) is 13.3 Å². The summed E-state index contributed by atoms with van der Waals surface area (Å²) in [6, 6.07) is 8.35. The fourth-order valence-electron chi connectivity index (χ4n) is 4.53. The SMILES string of the molecule is CC1CCCN(C=O)C1.Fc1ccc(-c2[nH]c3c(F)cc(F)cc3c2C2CCC2)cc1. The van der Waals surface area contributed by atoms with Gasteiger partial charge in [-0.15, -0.1) is 0 Å². The summed E-state index contributed by atoms with van der Waals surface area (Å²) in [5, 5.41) is 0.599. The summed E-state index contributed by atoms with van der Waals surface area (Å²) in [7, 11) is 0. The van der Waals surface area contributed by atoms with Crippen molar-refractivity contribution in [1.82, 2.24) is 9.88 Å². The van der Waals surface area contributed by atoms with Gasteiger partial charge < -0.3 is 9.88 Å². The number of fused-ring (bicyclic) bond motifs is 1. The Morgan fingerprint density at radius 2 is 1.74 bits per heavy atom. The number of likely N-dealkylation sites (tertiary alicyclic amines) is 1. The largest absolute Gasteiger partial charge is 0.352 e. The zero-order chi connectivity index (χ0) is 22.0. The molecule has 5 rings (SSSR count). The van der Waals surface area contributed by atoms with Crippen LogP contribution in [0.2, 0.25) is 0 Å². The fraction of sp³-hybridized carbons (Fsp3) is 0.400. The summed E-state index contributed by atoms with van der Waals surface area (Å²) in [5.74, 6) is -0.472. The summed E-state index contributed by atoms with van der Waals surface area (Å²) in [6.07, 6.45) is 6.57. The Labute approximate surface area is 180 Å². The van der Waals surface area contributed by atoms with Crippen LogP contribution in [0.4, 0.5) is 13.2 Å². The standard InChI is InChI=1S/C18H14F3N.C7H13NO/c19-12-6-4-11(5-7-12)17-16(10-2-1-3-10)14-8-13(20)9-15(21)18(14)22-17;1-7-3-2-4-8(5-7)6-9/h4-10,22H,1-3H2;6-7H,2-5H2,1H3. The van der Waals surface area contributed by atoms with Crippen LogP contribution in [0.5, 0.6) is 0 Å². The average Bonchev–Trinajstić information content (AvgIpc) is 3.07. The first-order valence-corrected chi connectivity index (χ1v) is 10.9. The molecule has 2 fully saturated rings. The van der Waals surface area contributed by atoms with E-state index in [9.17, 15) is 18.0 Å². The minimum absolute atomic E-state index is 0.301. The number of carbonyl (C=O) groups is 1. The summed E-state index contributed by atoms with van der Waals surface area (Å²) in [6.45, 7) is 4.12. The Bertz CT molecular complexity index is 1060. The van der Waals surface area contributed by atoms with Crippen molar-refractivity contribution in [3.63, 3.8) is 0 Å². The van der Waals surface area contributed by atoms with Gasteiger partial charge in [0, 0.05) is 24.5 Å². The van der Waals surface area contributed by atoms with E-state index in [-0.39, 0.29) is 5.82 Å². The maximum absolute atomic E-state index is 14.1. The molecule has 6 heteroatoms. The van der Waals surface area contributed by atoms with Crippen molar-refractivity contribution in [2.24, 2.45) is 5.92 Å². The van der Waals surface area contributed by atoms with Gasteiger partial charge in [0.1, 0.15) is 17.5 Å². The molecule has 1 aromatic heterocycles. The number of halogens is 3. The zero-order valence-electron chi connectivity index (χ0n) is 17.6. The summed E-state index contributed by atoms with van der Waals surface area (Å²) < 4.78 is 40.8. The van der Waals surface area contributed by atoms with Crippen LogP contribution in [0, 0.1) is 23.4 Å². The van der Waals surface area contributed by atoms with E-state index in [2.05, 4.69) is 11.9 Å². The zero-order valence-corrected chi connectivity index (χ0v) is 17.6. The second kappa shape index (κ2) is 9.16. The lowest BCUT2D eigenvalue weighted by molar-refractivity contribution is -0.119. The first kappa shape index (κ1) is 21.5. The van der Waals surface area contributed by atoms with Crippen LogP contribution in [-0.2, 0) is 4.79 Å². The van der Waals surface area contributed by atoms with Crippen molar-refractivity contribution in [2.75, 3.05) is 13.1 Å². The number of amides is 1. The number of nitrogens with one attached hydrogen (secondary N) is 1. The van der Waals surface area contributed by atoms with E-state index in [4.69, 9.17) is 0 Å². The molecule has 1 unspecified atom stereocenters. The highest BCUT2D eigenvalue weighted by molar-refractivity contribution is 5.92. The Morgan fingerprint density at radius 3 is 2.32 bits per heavy atom. The van der Waals surface area contributed by atoms with Gasteiger partial charge in [-0.2, -0.15) is 0 Å². The van der Waals surface area contributed by atoms with Crippen LogP contribution in [0.15, 0.2) is 36.4 Å². The molecule has 0 spiro atoms. The highest BCUT2D eigenvalue weighted by atomic mass is 19.1. The quantitative estimate of drug-likeness (QED) is 0.482. The number of benzene rings is 2. The van der Waals surface area contributed by atoms with Crippen molar-refractivity contribution < 1.29 is 18.0 Å². The number of aromatic nitrogens is 1. The molecule has 1 N–H and O–H groups in total. The minimum Gasteiger partial charge on any atom is -0.352 e. The van der Waals surface area contributed by atoms with Crippen LogP contribution in [0.3, 0.4) is 0 Å². The lowest BCUT2D eigenvalue weighted by Gasteiger charge is -2.27. The maximum atomic E-state index is 14.1. The molecule has 2 aromatic carbocycles. The first-order valence-electron chi connectivity index (χ1n) is 10.9. The van der Waals surface area contributed by atoms with Crippen molar-refractivity contribution in [2.45, 2.75) is 44.9 Å². The molecule has 1 saturated carbocycles. The van der Waals surface area contributed by atoms with E-state index in [1.807, 2.05) is 4.90 Å². The molecule has 2 aliphatic rings. The molecule has 0 bridgehead atoms. The van der Waals surface area contributed by atoms with Crippen LogP contribution in [0.1, 0.15) is 50.5 Å². The molecule has 1 saturated heterocycles. The van der Waals surface area contributed by atoms with Crippen LogP contribution in [0.25, 0.3) is 22.2 Å². The number of hydrogen-bond acceptors (Lipinski definition) is 1. The molecule has 164 valence electrons. The Hall–Kier alpha value is -2.76. The van der Waals surface area contributed by atoms with Gasteiger partial charge in [-0.05, 0) is 79.0 Å². The first-order chi connectivity index (χ1) is 15.0. The molecular formula is C25H27F3N2O. The number of H-pyrrole nitrogens is 1. The number of carbonyl (C=O) groups excluding carboxylic acids is 1. The predicted octanol–water partition coefficient (Wildman–Crippen LogP) is 6.39. The Balaban J connectivity index is 0.000000217. The summed E-state index contributed by atoms with van der Waals surface area (Å²) >= 11 is 0. The number of rotatable bonds is 3. The van der Waals surface area contributed by atoms with E-state index in [0.29, 0.717) is 22.7 Å². The molecule has 0 radical (unpaired) electrons. The van der Waals surface area contributed by atoms with E-state index >= 15 is 0 Å². The monoisotopic (exact) mass is 428 g/mol. The van der Waals surface area contributed by atoms with E-state index in [1.165, 1.54) is 31.0 Å². The third kappa shape index (κ3) is 4.63. The summed E-state index contributed by atoms with van der Waals surface area (Å²) in [4.78, 5) is 15.2. The summed E-state index contributed by atoms with van der Waals surface area (Å²) in [5.41, 5.74) is 2.83. The molecular weight excluding hydrogens is 401 g/mol. The second-order valence-electron chi connectivity index (χ2n) is 8.71. The lowest BCUT2D eigenvalue weighted by atomic mass is 9.78. The van der Waals surface area contributed by atoms with Gasteiger partial charge in [-0.3, -0.25) is 4.79 Å². The van der Waals surface area contributed by atoms with E-state index < -0.39 is 11.6 Å². The third-order valence-corrected chi connectivity index (χ3v) is 6.35. The molecule has 1 amide bonds. The van der Waals surface area contributed by atoms with Gasteiger partial charge >= 0.3 is 0 Å². The van der Waals surface area contributed by atoms with Crippen LogP contribution >= 0.6 is 0 Å². The van der Waals surface area contributed by atoms with Crippen molar-refractivity contribution in [3.8, 4) is 11.3 Å². The number of nitrogens with zero attached hydrogens (tertiary/aromatic N) is 1. The lowest BCUT2D eigenvalue weighted by Crippen LogP contribution is -2.32. The Kier molecular flexibility index (Phi) is 6.35. The molecule has 2 heterocycles. The topological polar surface area (TPSA) is 36.1 Å². The smallest absolute Gasteiger partial charge is 0.209 e. The molecule has 1 atom stereocenters. The highest BCUT2D eigenvalue weighted by Gasteiger charge is 2.27. The van der Waals surface area contributed by atoms with Crippen molar-refractivity contribution in [3.05, 3.63) is 59.4 Å². The second-order valence-corrected chi connectivity index (χ2v) is 8.71. The molecule has 31 heavy (non-hydrogen) atoms. The molecule has 1 aliphatic heterocycles. The van der Waals surface area contributed by atoms with Crippen LogP contribution in [-0.4, -0.2) is 29.4 Å². The fourth-order valence-corrected chi connectivity index (χ4v) is 4.53. The van der Waals surface area contributed by atoms with Crippen molar-refractivity contribution in [1.29, 1.82) is 0 Å². The van der Waals surface area contributed by atoms with Gasteiger partial charge in [-0.25, -0.2) is 13.2 Å². The van der Waals surface area contributed by atoms with Crippen LogP contribution < -0.4 is 0 Å². The van der Waals surface area contributed by atoms with E-state index in [0.717, 1.165) is 61.6 Å².